The molecule has 40 heavy (non-hydrogen) atoms. The van der Waals surface area contributed by atoms with Gasteiger partial charge in [-0.3, -0.25) is 13.9 Å². The molecule has 3 rings (SSSR count). The molecule has 0 fully saturated rings. The van der Waals surface area contributed by atoms with Crippen molar-refractivity contribution < 1.29 is 22.7 Å². The van der Waals surface area contributed by atoms with E-state index in [-0.39, 0.29) is 18.1 Å². The van der Waals surface area contributed by atoms with Gasteiger partial charge in [-0.2, -0.15) is 0 Å². The van der Waals surface area contributed by atoms with E-state index in [0.717, 1.165) is 16.1 Å². The molecule has 11 heteroatoms. The topological polar surface area (TPSA) is 96.0 Å². The average molecular weight is 607 g/mol. The largest absolute Gasteiger partial charge is 0.489 e. The van der Waals surface area contributed by atoms with Crippen LogP contribution in [0.2, 0.25) is 10.0 Å². The third kappa shape index (κ3) is 8.36. The van der Waals surface area contributed by atoms with Crippen molar-refractivity contribution in [1.82, 2.24) is 10.2 Å². The minimum absolute atomic E-state index is 0.0726. The SMILES string of the molecule is CCNC(=O)[C@@H](CC)N(Cc1c(Cl)cccc1Cl)C(=O)CN(c1ccc(OCc2ccccc2)cc1)S(C)(=O)=O. The van der Waals surface area contributed by atoms with Gasteiger partial charge in [0.15, 0.2) is 0 Å². The van der Waals surface area contributed by atoms with Gasteiger partial charge in [0, 0.05) is 28.7 Å². The second kappa shape index (κ2) is 14.4. The Balaban J connectivity index is 1.88. The van der Waals surface area contributed by atoms with Gasteiger partial charge in [0.2, 0.25) is 21.8 Å². The molecule has 1 N–H and O–H groups in total. The van der Waals surface area contributed by atoms with Crippen LogP contribution in [-0.2, 0) is 32.8 Å². The van der Waals surface area contributed by atoms with Gasteiger partial charge >= 0.3 is 0 Å². The van der Waals surface area contributed by atoms with E-state index in [1.54, 1.807) is 56.3 Å². The molecule has 0 spiro atoms. The first-order chi connectivity index (χ1) is 19.0. The van der Waals surface area contributed by atoms with Crippen LogP contribution >= 0.6 is 23.2 Å². The molecular formula is C29H33Cl2N3O5S. The molecule has 0 heterocycles. The molecule has 0 aromatic heterocycles. The molecule has 0 unspecified atom stereocenters. The van der Waals surface area contributed by atoms with E-state index in [0.29, 0.717) is 40.9 Å². The minimum atomic E-state index is -3.87. The molecule has 0 bridgehead atoms. The molecule has 3 aromatic rings. The summed E-state index contributed by atoms with van der Waals surface area (Å²) in [5.41, 5.74) is 1.74. The van der Waals surface area contributed by atoms with Crippen molar-refractivity contribution in [3.63, 3.8) is 0 Å². The smallest absolute Gasteiger partial charge is 0.244 e. The average Bonchev–Trinajstić information content (AvgIpc) is 2.92. The number of nitrogens with one attached hydrogen (secondary N) is 1. The van der Waals surface area contributed by atoms with Crippen LogP contribution in [0.4, 0.5) is 5.69 Å². The van der Waals surface area contributed by atoms with Gasteiger partial charge in [0.25, 0.3) is 0 Å². The summed E-state index contributed by atoms with van der Waals surface area (Å²) in [6.07, 6.45) is 1.32. The summed E-state index contributed by atoms with van der Waals surface area (Å²) in [7, 11) is -3.87. The molecule has 214 valence electrons. The van der Waals surface area contributed by atoms with Crippen LogP contribution < -0.4 is 14.4 Å². The number of nitrogens with zero attached hydrogens (tertiary/aromatic N) is 2. The molecule has 0 saturated carbocycles. The number of hydrogen-bond acceptors (Lipinski definition) is 5. The third-order valence-corrected chi connectivity index (χ3v) is 8.03. The number of carbonyl (C=O) groups is 2. The lowest BCUT2D eigenvalue weighted by Crippen LogP contribution is -2.52. The standard InChI is InChI=1S/C29H33Cl2N3O5S/c1-4-27(29(36)32-5-2)33(18-24-25(30)12-9-13-26(24)31)28(35)19-34(40(3,37)38)22-14-16-23(17-15-22)39-20-21-10-7-6-8-11-21/h6-17,27H,4-5,18-20H2,1-3H3,(H,32,36)/t27-/m1/s1. The summed E-state index contributed by atoms with van der Waals surface area (Å²) < 4.78 is 32.5. The predicted octanol–water partition coefficient (Wildman–Crippen LogP) is 5.28. The van der Waals surface area contributed by atoms with Crippen molar-refractivity contribution in [3.05, 3.63) is 94.0 Å². The summed E-state index contributed by atoms with van der Waals surface area (Å²) in [5, 5.41) is 3.42. The Morgan fingerprint density at radius 2 is 1.55 bits per heavy atom. The zero-order valence-electron chi connectivity index (χ0n) is 22.6. The van der Waals surface area contributed by atoms with Crippen molar-refractivity contribution in [3.8, 4) is 5.75 Å². The lowest BCUT2D eigenvalue weighted by atomic mass is 10.1. The third-order valence-electron chi connectivity index (χ3n) is 6.18. The van der Waals surface area contributed by atoms with Gasteiger partial charge in [-0.1, -0.05) is 66.5 Å². The van der Waals surface area contributed by atoms with E-state index in [1.807, 2.05) is 30.3 Å². The van der Waals surface area contributed by atoms with Crippen molar-refractivity contribution in [1.29, 1.82) is 0 Å². The van der Waals surface area contributed by atoms with Crippen molar-refractivity contribution in [2.75, 3.05) is 23.7 Å². The molecular weight excluding hydrogens is 573 g/mol. The normalized spacial score (nSPS) is 11.9. The minimum Gasteiger partial charge on any atom is -0.489 e. The van der Waals surface area contributed by atoms with Gasteiger partial charge in [-0.05, 0) is 55.3 Å². The number of carbonyl (C=O) groups excluding carboxylic acids is 2. The number of amides is 2. The highest BCUT2D eigenvalue weighted by molar-refractivity contribution is 7.92. The first-order valence-electron chi connectivity index (χ1n) is 12.8. The van der Waals surface area contributed by atoms with E-state index >= 15 is 0 Å². The highest BCUT2D eigenvalue weighted by Gasteiger charge is 2.32. The summed E-state index contributed by atoms with van der Waals surface area (Å²) >= 11 is 12.8. The second-order valence-electron chi connectivity index (χ2n) is 9.08. The van der Waals surface area contributed by atoms with E-state index in [2.05, 4.69) is 5.32 Å². The van der Waals surface area contributed by atoms with Gasteiger partial charge in [0.1, 0.15) is 24.9 Å². The Morgan fingerprint density at radius 1 is 0.925 bits per heavy atom. The molecule has 2 amide bonds. The van der Waals surface area contributed by atoms with Gasteiger partial charge < -0.3 is 15.0 Å². The Morgan fingerprint density at radius 3 is 2.10 bits per heavy atom. The fourth-order valence-electron chi connectivity index (χ4n) is 4.13. The predicted molar refractivity (Wildman–Crippen MR) is 159 cm³/mol. The van der Waals surface area contributed by atoms with Crippen molar-refractivity contribution in [2.24, 2.45) is 0 Å². The number of rotatable bonds is 13. The molecule has 8 nitrogen and oxygen atoms in total. The van der Waals surface area contributed by atoms with E-state index in [9.17, 15) is 18.0 Å². The van der Waals surface area contributed by atoms with E-state index in [1.165, 1.54) is 4.90 Å². The summed E-state index contributed by atoms with van der Waals surface area (Å²) in [6.45, 7) is 3.68. The fraction of sp³-hybridized carbons (Fsp3) is 0.310. The van der Waals surface area contributed by atoms with Crippen molar-refractivity contribution in [2.45, 2.75) is 39.5 Å². The number of halogens is 2. The zero-order chi connectivity index (χ0) is 29.3. The van der Waals surface area contributed by atoms with Crippen LogP contribution in [0.3, 0.4) is 0 Å². The van der Waals surface area contributed by atoms with E-state index in [4.69, 9.17) is 27.9 Å². The molecule has 0 aliphatic heterocycles. The van der Waals surface area contributed by atoms with Gasteiger partial charge in [0.05, 0.1) is 11.9 Å². The quantitative estimate of drug-likeness (QED) is 0.286. The lowest BCUT2D eigenvalue weighted by Gasteiger charge is -2.33. The molecule has 1 atom stereocenters. The molecule has 0 radical (unpaired) electrons. The highest BCUT2D eigenvalue weighted by Crippen LogP contribution is 2.28. The van der Waals surface area contributed by atoms with Crippen LogP contribution in [0.1, 0.15) is 31.4 Å². The summed E-state index contributed by atoms with van der Waals surface area (Å²) in [5.74, 6) is -0.388. The maximum absolute atomic E-state index is 13.8. The number of benzene rings is 3. The number of likely N-dealkylation sites (N-methyl/N-ethyl adjacent to an activating group) is 1. The van der Waals surface area contributed by atoms with Gasteiger partial charge in [-0.25, -0.2) is 8.42 Å². The van der Waals surface area contributed by atoms with Crippen LogP contribution in [0.25, 0.3) is 0 Å². The molecule has 0 saturated heterocycles. The first-order valence-corrected chi connectivity index (χ1v) is 15.4. The molecule has 0 aliphatic carbocycles. The van der Waals surface area contributed by atoms with E-state index < -0.39 is 28.5 Å². The zero-order valence-corrected chi connectivity index (χ0v) is 25.0. The Labute approximate surface area is 245 Å². The van der Waals surface area contributed by atoms with Crippen molar-refractivity contribution >= 4 is 50.7 Å². The molecule has 3 aromatic carbocycles. The summed E-state index contributed by atoms with van der Waals surface area (Å²) in [6, 6.07) is 20.2. The maximum Gasteiger partial charge on any atom is 0.244 e. The number of anilines is 1. The highest BCUT2D eigenvalue weighted by atomic mass is 35.5. The lowest BCUT2D eigenvalue weighted by molar-refractivity contribution is -0.140. The van der Waals surface area contributed by atoms with Crippen LogP contribution in [-0.4, -0.2) is 50.5 Å². The molecule has 0 aliphatic rings. The summed E-state index contributed by atoms with van der Waals surface area (Å²) in [4.78, 5) is 28.0. The maximum atomic E-state index is 13.8. The monoisotopic (exact) mass is 605 g/mol. The van der Waals surface area contributed by atoms with Crippen LogP contribution in [0.15, 0.2) is 72.8 Å². The Kier molecular flexibility index (Phi) is 11.2. The van der Waals surface area contributed by atoms with Crippen LogP contribution in [0, 0.1) is 0 Å². The second-order valence-corrected chi connectivity index (χ2v) is 11.8. The number of sulfonamides is 1. The Bertz CT molecular complexity index is 1380. The number of hydrogen-bond donors (Lipinski definition) is 1. The van der Waals surface area contributed by atoms with Crippen LogP contribution in [0.5, 0.6) is 5.75 Å². The number of ether oxygens (including phenoxy) is 1. The van der Waals surface area contributed by atoms with Gasteiger partial charge in [-0.15, -0.1) is 0 Å². The Hall–Kier alpha value is -3.27. The fourth-order valence-corrected chi connectivity index (χ4v) is 5.50. The first kappa shape index (κ1) is 31.3.